The maximum Gasteiger partial charge on any atom is 0.257 e. The lowest BCUT2D eigenvalue weighted by Gasteiger charge is -2.26. The van der Waals surface area contributed by atoms with E-state index in [9.17, 15) is 18.0 Å². The summed E-state index contributed by atoms with van der Waals surface area (Å²) < 4.78 is 27.4. The van der Waals surface area contributed by atoms with E-state index in [1.54, 1.807) is 30.3 Å². The van der Waals surface area contributed by atoms with Crippen LogP contribution in [0.15, 0.2) is 114 Å². The number of aryl methyl sites for hydroxylation is 1. The first-order valence-corrected chi connectivity index (χ1v) is 14.2. The van der Waals surface area contributed by atoms with Crippen LogP contribution in [0.2, 0.25) is 0 Å². The smallest absolute Gasteiger partial charge is 0.257 e. The van der Waals surface area contributed by atoms with Gasteiger partial charge in [0, 0.05) is 29.1 Å². The number of carbonyl (C=O) groups is 2. The Balaban J connectivity index is 1.41. The highest BCUT2D eigenvalue weighted by molar-refractivity contribution is 7.89. The van der Waals surface area contributed by atoms with Crippen molar-refractivity contribution in [2.24, 2.45) is 7.05 Å². The first-order chi connectivity index (χ1) is 19.4. The third kappa shape index (κ3) is 4.35. The second-order valence-corrected chi connectivity index (χ2v) is 11.3. The summed E-state index contributed by atoms with van der Waals surface area (Å²) in [5.41, 5.74) is 7.39. The molecule has 8 nitrogen and oxygen atoms in total. The third-order valence-electron chi connectivity index (χ3n) is 7.22. The zero-order valence-electron chi connectivity index (χ0n) is 21.6. The van der Waals surface area contributed by atoms with Gasteiger partial charge in [-0.3, -0.25) is 15.0 Å². The Kier molecular flexibility index (Phi) is 6.45. The lowest BCUT2D eigenvalue weighted by Crippen LogP contribution is -2.47. The van der Waals surface area contributed by atoms with Gasteiger partial charge in [0.05, 0.1) is 16.6 Å². The van der Waals surface area contributed by atoms with E-state index in [0.29, 0.717) is 5.56 Å². The lowest BCUT2D eigenvalue weighted by molar-refractivity contribution is -0.122. The highest BCUT2D eigenvalue weighted by Gasteiger charge is 2.41. The van der Waals surface area contributed by atoms with Gasteiger partial charge in [-0.15, -0.1) is 4.83 Å². The molecule has 0 aliphatic carbocycles. The normalized spacial score (nSPS) is 14.9. The molecule has 0 fully saturated rings. The molecule has 1 aromatic heterocycles. The van der Waals surface area contributed by atoms with Crippen LogP contribution in [0.1, 0.15) is 27.5 Å². The van der Waals surface area contributed by atoms with Gasteiger partial charge in [-0.1, -0.05) is 84.9 Å². The molecular formula is C31H26N4O4S. The fourth-order valence-corrected chi connectivity index (χ4v) is 6.35. The molecule has 200 valence electrons. The van der Waals surface area contributed by atoms with Crippen LogP contribution in [0.3, 0.4) is 0 Å². The van der Waals surface area contributed by atoms with Gasteiger partial charge in [0.2, 0.25) is 0 Å². The van der Waals surface area contributed by atoms with Crippen molar-refractivity contribution in [2.45, 2.75) is 10.9 Å². The monoisotopic (exact) mass is 550 g/mol. The van der Waals surface area contributed by atoms with E-state index in [0.717, 1.165) is 33.3 Å². The first-order valence-electron chi connectivity index (χ1n) is 12.7. The van der Waals surface area contributed by atoms with Crippen LogP contribution in [0.25, 0.3) is 22.2 Å². The Morgan fingerprint density at radius 1 is 0.825 bits per heavy atom. The predicted molar refractivity (Wildman–Crippen MR) is 153 cm³/mol. The molecule has 40 heavy (non-hydrogen) atoms. The summed E-state index contributed by atoms with van der Waals surface area (Å²) in [6.45, 7) is -0.354. The van der Waals surface area contributed by atoms with Gasteiger partial charge in [0.25, 0.3) is 21.8 Å². The topological polar surface area (TPSA) is 101 Å². The molecule has 0 radical (unpaired) electrons. The molecule has 5 aromatic rings. The minimum absolute atomic E-state index is 0.0149. The number of aromatic nitrogens is 1. The summed E-state index contributed by atoms with van der Waals surface area (Å²) in [5, 5.41) is 0.966. The second-order valence-electron chi connectivity index (χ2n) is 9.59. The molecule has 0 saturated heterocycles. The van der Waals surface area contributed by atoms with Gasteiger partial charge in [-0.25, -0.2) is 8.42 Å². The van der Waals surface area contributed by atoms with E-state index in [1.807, 2.05) is 73.8 Å². The van der Waals surface area contributed by atoms with Crippen molar-refractivity contribution in [3.63, 3.8) is 0 Å². The average molecular weight is 551 g/mol. The van der Waals surface area contributed by atoms with Gasteiger partial charge in [-0.2, -0.15) is 0 Å². The molecule has 0 spiro atoms. The van der Waals surface area contributed by atoms with E-state index >= 15 is 0 Å². The summed E-state index contributed by atoms with van der Waals surface area (Å²) in [6, 6.07) is 32.4. The van der Waals surface area contributed by atoms with E-state index in [1.165, 1.54) is 17.0 Å². The number of hydrazine groups is 1. The summed E-state index contributed by atoms with van der Waals surface area (Å²) in [5.74, 6) is -0.958. The molecule has 6 rings (SSSR count). The Morgan fingerprint density at radius 3 is 2.20 bits per heavy atom. The largest absolute Gasteiger partial charge is 0.343 e. The number of carbonyl (C=O) groups excluding carboxylic acids is 2. The van der Waals surface area contributed by atoms with Crippen LogP contribution in [-0.4, -0.2) is 36.2 Å². The average Bonchev–Trinajstić information content (AvgIpc) is 3.43. The van der Waals surface area contributed by atoms with E-state index < -0.39 is 22.0 Å². The number of fused-ring (bicyclic) bond motifs is 2. The minimum atomic E-state index is -3.98. The molecule has 0 bridgehead atoms. The summed E-state index contributed by atoms with van der Waals surface area (Å²) in [4.78, 5) is 30.5. The van der Waals surface area contributed by atoms with Crippen molar-refractivity contribution in [1.29, 1.82) is 0 Å². The Hall–Kier alpha value is -4.73. The number of amides is 2. The molecule has 1 aliphatic rings. The minimum Gasteiger partial charge on any atom is -0.343 e. The molecule has 1 atom stereocenters. The fraction of sp³-hybridized carbons (Fsp3) is 0.0968. The molecule has 2 amide bonds. The highest BCUT2D eigenvalue weighted by Crippen LogP contribution is 2.46. The number of nitrogens with zero attached hydrogens (tertiary/aromatic N) is 2. The molecule has 4 aromatic carbocycles. The third-order valence-corrected chi connectivity index (χ3v) is 8.48. The standard InChI is InChI=1S/C31H26N4O4S/c1-34-26-19-11-10-18-25(26)28(29(34)21-12-4-2-5-13-21)30-23-16-8-9-17-24(23)31(37)35(30)20-27(36)32-33-40(38,39)22-14-6-3-7-15-22/h2-19,30,33H,20H2,1H3,(H,32,36). The molecule has 2 N–H and O–H groups in total. The lowest BCUT2D eigenvalue weighted by atomic mass is 9.93. The van der Waals surface area contributed by atoms with Crippen molar-refractivity contribution in [2.75, 3.05) is 6.54 Å². The zero-order valence-corrected chi connectivity index (χ0v) is 22.4. The van der Waals surface area contributed by atoms with Crippen molar-refractivity contribution >= 4 is 32.7 Å². The maximum absolute atomic E-state index is 13.7. The highest BCUT2D eigenvalue weighted by atomic mass is 32.2. The van der Waals surface area contributed by atoms with Crippen LogP contribution in [0.5, 0.6) is 0 Å². The summed E-state index contributed by atoms with van der Waals surface area (Å²) in [7, 11) is -1.99. The van der Waals surface area contributed by atoms with Gasteiger partial charge in [0.15, 0.2) is 0 Å². The van der Waals surface area contributed by atoms with Gasteiger partial charge in [-0.05, 0) is 35.4 Å². The fourth-order valence-electron chi connectivity index (χ4n) is 5.47. The Morgan fingerprint density at radius 2 is 1.45 bits per heavy atom. The van der Waals surface area contributed by atoms with Gasteiger partial charge >= 0.3 is 0 Å². The number of rotatable bonds is 7. The van der Waals surface area contributed by atoms with Crippen LogP contribution in [0.4, 0.5) is 0 Å². The molecule has 1 unspecified atom stereocenters. The van der Waals surface area contributed by atoms with Crippen molar-refractivity contribution in [1.82, 2.24) is 19.7 Å². The predicted octanol–water partition coefficient (Wildman–Crippen LogP) is 4.40. The van der Waals surface area contributed by atoms with Crippen LogP contribution in [-0.2, 0) is 21.9 Å². The second kappa shape index (κ2) is 10.1. The molecule has 9 heteroatoms. The van der Waals surface area contributed by atoms with Gasteiger partial charge < -0.3 is 9.47 Å². The first kappa shape index (κ1) is 25.5. The van der Waals surface area contributed by atoms with Crippen LogP contribution < -0.4 is 10.3 Å². The number of hydrogen-bond donors (Lipinski definition) is 2. The van der Waals surface area contributed by atoms with E-state index in [2.05, 4.69) is 14.8 Å². The number of nitrogens with one attached hydrogen (secondary N) is 2. The Labute approximate surface area is 231 Å². The zero-order chi connectivity index (χ0) is 27.9. The molecule has 2 heterocycles. The Bertz CT molecular complexity index is 1850. The van der Waals surface area contributed by atoms with E-state index in [4.69, 9.17) is 0 Å². The van der Waals surface area contributed by atoms with E-state index in [-0.39, 0.29) is 17.3 Å². The number of para-hydroxylation sites is 1. The number of hydrogen-bond acceptors (Lipinski definition) is 4. The van der Waals surface area contributed by atoms with Crippen molar-refractivity contribution < 1.29 is 18.0 Å². The van der Waals surface area contributed by atoms with Crippen LogP contribution in [0, 0.1) is 0 Å². The summed E-state index contributed by atoms with van der Waals surface area (Å²) in [6.07, 6.45) is 0. The quantitative estimate of drug-likeness (QED) is 0.294. The van der Waals surface area contributed by atoms with Gasteiger partial charge in [0.1, 0.15) is 6.54 Å². The number of benzene rings is 4. The maximum atomic E-state index is 13.7. The number of sulfonamides is 1. The SMILES string of the molecule is Cn1c(-c2ccccc2)c(C2c3ccccc3C(=O)N2CC(=O)NNS(=O)(=O)c2ccccc2)c2ccccc21. The molecule has 1 aliphatic heterocycles. The summed E-state index contributed by atoms with van der Waals surface area (Å²) >= 11 is 0. The van der Waals surface area contributed by atoms with Crippen molar-refractivity contribution in [3.8, 4) is 11.3 Å². The molecule has 0 saturated carbocycles. The van der Waals surface area contributed by atoms with Crippen molar-refractivity contribution in [3.05, 3.63) is 126 Å². The molecular weight excluding hydrogens is 524 g/mol. The van der Waals surface area contributed by atoms with Crippen LogP contribution >= 0.6 is 0 Å².